The predicted octanol–water partition coefficient (Wildman–Crippen LogP) is 3.34. The molecule has 1 N–H and O–H groups in total. The van der Waals surface area contributed by atoms with E-state index in [1.165, 1.54) is 18.2 Å². The Labute approximate surface area is 163 Å². The molecule has 10 heteroatoms. The van der Waals surface area contributed by atoms with Gasteiger partial charge in [0, 0.05) is 6.07 Å². The molecule has 0 aliphatic carbocycles. The lowest BCUT2D eigenvalue weighted by atomic mass is 9.83. The van der Waals surface area contributed by atoms with Crippen LogP contribution in [0.1, 0.15) is 36.8 Å². The molecule has 0 saturated carbocycles. The second kappa shape index (κ2) is 6.71. The molecular weight excluding hydrogens is 387 g/mol. The van der Waals surface area contributed by atoms with Gasteiger partial charge in [-0.05, 0) is 50.8 Å². The van der Waals surface area contributed by atoms with Crippen molar-refractivity contribution in [1.82, 2.24) is 25.0 Å². The fraction of sp³-hybridized carbons (Fsp3) is 0.368. The Balaban J connectivity index is 1.73. The molecule has 0 saturated heterocycles. The second-order valence-corrected chi connectivity index (χ2v) is 7.21. The van der Waals surface area contributed by atoms with Crippen molar-refractivity contribution in [3.05, 3.63) is 57.8 Å². The summed E-state index contributed by atoms with van der Waals surface area (Å²) in [7, 11) is 0. The van der Waals surface area contributed by atoms with Crippen LogP contribution in [0.2, 0.25) is 0 Å². The maximum absolute atomic E-state index is 12.4. The Kier molecular flexibility index (Phi) is 4.44. The van der Waals surface area contributed by atoms with Crippen LogP contribution in [0, 0.1) is 6.92 Å². The van der Waals surface area contributed by atoms with E-state index in [0.29, 0.717) is 23.6 Å². The van der Waals surface area contributed by atoms with Crippen molar-refractivity contribution in [2.75, 3.05) is 0 Å². The Hall–Kier alpha value is -3.17. The minimum absolute atomic E-state index is 0.270. The highest BCUT2D eigenvalue weighted by molar-refractivity contribution is 5.57. The summed E-state index contributed by atoms with van der Waals surface area (Å²) in [5, 5.41) is 8.57. The topological polar surface area (TPSA) is 85.7 Å². The summed E-state index contributed by atoms with van der Waals surface area (Å²) in [6.45, 7) is 3.65. The second-order valence-electron chi connectivity index (χ2n) is 7.21. The van der Waals surface area contributed by atoms with Crippen molar-refractivity contribution < 1.29 is 17.9 Å². The normalized spacial score (nSPS) is 19.1. The molecule has 152 valence electrons. The largest absolute Gasteiger partial charge is 0.573 e. The van der Waals surface area contributed by atoms with Crippen LogP contribution in [-0.4, -0.2) is 31.3 Å². The van der Waals surface area contributed by atoms with Gasteiger partial charge in [-0.1, -0.05) is 17.3 Å². The molecule has 0 spiro atoms. The molecule has 2 aromatic heterocycles. The zero-order valence-corrected chi connectivity index (χ0v) is 15.7. The first-order chi connectivity index (χ1) is 13.7. The average molecular weight is 405 g/mol. The smallest absolute Gasteiger partial charge is 0.406 e. The SMILES string of the molecule is Cc1nc(-c2nnn3c2CCC[C@]3(C)c2ccc(OC(F)(F)F)cc2)cc(=O)[nH]1. The van der Waals surface area contributed by atoms with E-state index in [1.54, 1.807) is 23.7 Å². The number of aromatic nitrogens is 5. The number of rotatable bonds is 3. The fourth-order valence-electron chi connectivity index (χ4n) is 3.81. The zero-order valence-electron chi connectivity index (χ0n) is 15.7. The molecule has 0 fully saturated rings. The highest BCUT2D eigenvalue weighted by Crippen LogP contribution is 2.39. The molecule has 3 heterocycles. The lowest BCUT2D eigenvalue weighted by molar-refractivity contribution is -0.274. The fourth-order valence-corrected chi connectivity index (χ4v) is 3.81. The maximum Gasteiger partial charge on any atom is 0.573 e. The van der Waals surface area contributed by atoms with E-state index in [-0.39, 0.29) is 11.3 Å². The lowest BCUT2D eigenvalue weighted by Crippen LogP contribution is -2.37. The Bertz CT molecular complexity index is 1100. The number of ether oxygens (including phenoxy) is 1. The number of benzene rings is 1. The van der Waals surface area contributed by atoms with Gasteiger partial charge in [-0.25, -0.2) is 9.67 Å². The highest BCUT2D eigenvalue weighted by atomic mass is 19.4. The van der Waals surface area contributed by atoms with Gasteiger partial charge in [-0.2, -0.15) is 0 Å². The summed E-state index contributed by atoms with van der Waals surface area (Å²) in [4.78, 5) is 18.8. The Morgan fingerprint density at radius 2 is 1.97 bits per heavy atom. The van der Waals surface area contributed by atoms with Crippen molar-refractivity contribution in [3.8, 4) is 17.1 Å². The summed E-state index contributed by atoms with van der Waals surface area (Å²) in [5.41, 5.74) is 1.76. The third kappa shape index (κ3) is 3.62. The maximum atomic E-state index is 12.4. The molecule has 1 aliphatic rings. The molecule has 0 amide bonds. The third-order valence-electron chi connectivity index (χ3n) is 5.12. The van der Waals surface area contributed by atoms with Crippen molar-refractivity contribution in [2.45, 2.75) is 45.0 Å². The molecule has 3 aromatic rings. The van der Waals surface area contributed by atoms with Crippen molar-refractivity contribution in [2.24, 2.45) is 0 Å². The number of nitrogens with zero attached hydrogens (tertiary/aromatic N) is 4. The van der Waals surface area contributed by atoms with Gasteiger partial charge < -0.3 is 9.72 Å². The van der Waals surface area contributed by atoms with E-state index < -0.39 is 11.9 Å². The van der Waals surface area contributed by atoms with Crippen molar-refractivity contribution in [1.29, 1.82) is 0 Å². The van der Waals surface area contributed by atoms with Crippen LogP contribution in [0.15, 0.2) is 35.1 Å². The van der Waals surface area contributed by atoms with Crippen LogP contribution in [0.25, 0.3) is 11.4 Å². The summed E-state index contributed by atoms with van der Waals surface area (Å²) in [6.07, 6.45) is -2.45. The molecule has 1 aromatic carbocycles. The first-order valence-corrected chi connectivity index (χ1v) is 9.05. The first kappa shape index (κ1) is 19.2. The molecule has 0 bridgehead atoms. The number of alkyl halides is 3. The number of aryl methyl sites for hydroxylation is 1. The van der Waals surface area contributed by atoms with Gasteiger partial charge in [0.2, 0.25) is 0 Å². The summed E-state index contributed by atoms with van der Waals surface area (Å²) < 4.78 is 43.0. The van der Waals surface area contributed by atoms with Gasteiger partial charge >= 0.3 is 6.36 Å². The third-order valence-corrected chi connectivity index (χ3v) is 5.12. The van der Waals surface area contributed by atoms with E-state index in [1.807, 2.05) is 6.92 Å². The minimum atomic E-state index is -4.73. The quantitative estimate of drug-likeness (QED) is 0.722. The number of aromatic amines is 1. The van der Waals surface area contributed by atoms with Gasteiger partial charge in [-0.15, -0.1) is 18.3 Å². The van der Waals surface area contributed by atoms with Crippen LogP contribution in [-0.2, 0) is 12.0 Å². The summed E-state index contributed by atoms with van der Waals surface area (Å²) in [5.74, 6) is 0.205. The van der Waals surface area contributed by atoms with Crippen LogP contribution in [0.4, 0.5) is 13.2 Å². The zero-order chi connectivity index (χ0) is 20.8. The Morgan fingerprint density at radius 1 is 1.24 bits per heavy atom. The molecular formula is C19H18F3N5O2. The number of H-pyrrole nitrogens is 1. The minimum Gasteiger partial charge on any atom is -0.406 e. The number of hydrogen-bond donors (Lipinski definition) is 1. The van der Waals surface area contributed by atoms with Crippen LogP contribution in [0.3, 0.4) is 0 Å². The van der Waals surface area contributed by atoms with Gasteiger partial charge in [-0.3, -0.25) is 4.79 Å². The molecule has 29 heavy (non-hydrogen) atoms. The van der Waals surface area contributed by atoms with E-state index in [4.69, 9.17) is 0 Å². The first-order valence-electron chi connectivity index (χ1n) is 9.05. The number of fused-ring (bicyclic) bond motifs is 1. The van der Waals surface area contributed by atoms with Gasteiger partial charge in [0.25, 0.3) is 5.56 Å². The van der Waals surface area contributed by atoms with Gasteiger partial charge in [0.15, 0.2) is 0 Å². The molecule has 0 unspecified atom stereocenters. The lowest BCUT2D eigenvalue weighted by Gasteiger charge is -2.35. The molecule has 0 radical (unpaired) electrons. The van der Waals surface area contributed by atoms with Crippen molar-refractivity contribution >= 4 is 0 Å². The van der Waals surface area contributed by atoms with Crippen LogP contribution < -0.4 is 10.3 Å². The van der Waals surface area contributed by atoms with E-state index in [2.05, 4.69) is 25.0 Å². The molecule has 7 nitrogen and oxygen atoms in total. The summed E-state index contributed by atoms with van der Waals surface area (Å²) >= 11 is 0. The van der Waals surface area contributed by atoms with Gasteiger partial charge in [0.05, 0.1) is 11.2 Å². The molecule has 1 atom stereocenters. The highest BCUT2D eigenvalue weighted by Gasteiger charge is 2.37. The van der Waals surface area contributed by atoms with E-state index in [9.17, 15) is 18.0 Å². The summed E-state index contributed by atoms with van der Waals surface area (Å²) in [6, 6.07) is 7.18. The number of hydrogen-bond acceptors (Lipinski definition) is 5. The number of halogens is 3. The van der Waals surface area contributed by atoms with Crippen LogP contribution in [0.5, 0.6) is 5.75 Å². The van der Waals surface area contributed by atoms with E-state index >= 15 is 0 Å². The Morgan fingerprint density at radius 3 is 2.62 bits per heavy atom. The predicted molar refractivity (Wildman–Crippen MR) is 97.4 cm³/mol. The van der Waals surface area contributed by atoms with Crippen molar-refractivity contribution in [3.63, 3.8) is 0 Å². The van der Waals surface area contributed by atoms with Crippen LogP contribution >= 0.6 is 0 Å². The molecule has 1 aliphatic heterocycles. The molecule has 4 rings (SSSR count). The van der Waals surface area contributed by atoms with E-state index in [0.717, 1.165) is 24.1 Å². The average Bonchev–Trinajstić information content (AvgIpc) is 3.06. The monoisotopic (exact) mass is 405 g/mol. The number of nitrogens with one attached hydrogen (secondary N) is 1. The van der Waals surface area contributed by atoms with Gasteiger partial charge in [0.1, 0.15) is 23.0 Å². The standard InChI is InChI=1S/C19H18F3N5O2/c1-11-23-14(10-16(28)24-11)17-15-4-3-9-18(2,27(15)26-25-17)12-5-7-13(8-6-12)29-19(20,21)22/h5-8,10H,3-4,9H2,1-2H3,(H,23,24,28)/t18-/m1/s1.